The van der Waals surface area contributed by atoms with E-state index in [1.165, 1.54) is 10.4 Å². The van der Waals surface area contributed by atoms with Crippen LogP contribution in [-0.4, -0.2) is 92.8 Å². The molecule has 2 amide bonds. The Morgan fingerprint density at radius 2 is 1.70 bits per heavy atom. The van der Waals surface area contributed by atoms with Gasteiger partial charge in [-0.15, -0.1) is 0 Å². The lowest BCUT2D eigenvalue weighted by Crippen LogP contribution is -2.59. The average molecular weight is 642 g/mol. The van der Waals surface area contributed by atoms with E-state index in [0.717, 1.165) is 16.5 Å². The number of rotatable bonds is 10. The van der Waals surface area contributed by atoms with Gasteiger partial charge in [0.15, 0.2) is 0 Å². The summed E-state index contributed by atoms with van der Waals surface area (Å²) in [5.41, 5.74) is 0.108. The number of anilines is 1. The molecule has 5 rings (SSSR count). The molecule has 0 saturated carbocycles. The largest absolute Gasteiger partial charge is 0.466 e. The van der Waals surface area contributed by atoms with E-state index in [-0.39, 0.29) is 62.5 Å². The van der Waals surface area contributed by atoms with Crippen LogP contribution >= 0.6 is 11.6 Å². The standard InChI is InChI=1S/C31H36ClN5O6S/c1-2-43-29(39)9-14-34-30(40)31(10-15-35(16-11-31)26-7-12-33-13-8-26)22-36-17-18-37(21-28(36)38)44(41,42)27-6-4-23-19-25(32)5-3-24(23)20-27/h3-8,12-13,19-20H,2,9-11,14-18,21-22H2,1H3,(H,34,40). The van der Waals surface area contributed by atoms with Gasteiger partial charge in [0.2, 0.25) is 21.8 Å². The molecule has 1 N–H and O–H groups in total. The number of carbonyl (C=O) groups excluding carboxylic acids is 3. The zero-order valence-corrected chi connectivity index (χ0v) is 26.1. The number of pyridine rings is 1. The van der Waals surface area contributed by atoms with E-state index in [0.29, 0.717) is 31.0 Å². The lowest BCUT2D eigenvalue weighted by molar-refractivity contribution is -0.143. The number of halogens is 1. The van der Waals surface area contributed by atoms with Crippen molar-refractivity contribution in [2.24, 2.45) is 5.41 Å². The first kappa shape index (κ1) is 31.7. The Kier molecular flexibility index (Phi) is 9.72. The summed E-state index contributed by atoms with van der Waals surface area (Å²) in [6.45, 7) is 3.41. The molecule has 11 nitrogen and oxygen atoms in total. The number of sulfonamides is 1. The summed E-state index contributed by atoms with van der Waals surface area (Å²) in [7, 11) is -3.93. The molecule has 13 heteroatoms. The fourth-order valence-corrected chi connectivity index (χ4v) is 7.43. The number of hydrogen-bond donors (Lipinski definition) is 1. The minimum atomic E-state index is -3.93. The number of piperidine rings is 1. The van der Waals surface area contributed by atoms with Crippen molar-refractivity contribution in [2.75, 3.05) is 57.3 Å². The molecular weight excluding hydrogens is 606 g/mol. The molecule has 1 aromatic heterocycles. The molecule has 234 valence electrons. The summed E-state index contributed by atoms with van der Waals surface area (Å²) in [5, 5.41) is 5.00. The van der Waals surface area contributed by atoms with Crippen molar-refractivity contribution < 1.29 is 27.5 Å². The molecule has 44 heavy (non-hydrogen) atoms. The van der Waals surface area contributed by atoms with Crippen LogP contribution in [-0.2, 0) is 29.1 Å². The first-order valence-electron chi connectivity index (χ1n) is 14.7. The molecule has 0 radical (unpaired) electrons. The third-order valence-corrected chi connectivity index (χ3v) is 10.4. The van der Waals surface area contributed by atoms with Crippen LogP contribution < -0.4 is 10.2 Å². The number of fused-ring (bicyclic) bond motifs is 1. The smallest absolute Gasteiger partial charge is 0.307 e. The summed E-state index contributed by atoms with van der Waals surface area (Å²) >= 11 is 6.07. The summed E-state index contributed by atoms with van der Waals surface area (Å²) in [5.74, 6) is -0.977. The number of amides is 2. The predicted octanol–water partition coefficient (Wildman–Crippen LogP) is 3.08. The van der Waals surface area contributed by atoms with Crippen molar-refractivity contribution in [3.63, 3.8) is 0 Å². The van der Waals surface area contributed by atoms with Crippen LogP contribution in [0, 0.1) is 5.41 Å². The van der Waals surface area contributed by atoms with Crippen LogP contribution in [0.1, 0.15) is 26.2 Å². The molecular formula is C31H36ClN5O6S. The van der Waals surface area contributed by atoms with Gasteiger partial charge in [-0.3, -0.25) is 19.4 Å². The average Bonchev–Trinajstić information content (AvgIpc) is 3.02. The first-order valence-corrected chi connectivity index (χ1v) is 16.5. The van der Waals surface area contributed by atoms with Crippen LogP contribution in [0.4, 0.5) is 5.69 Å². The van der Waals surface area contributed by atoms with E-state index in [1.54, 1.807) is 54.5 Å². The molecule has 2 aliphatic heterocycles. The molecule has 0 bridgehead atoms. The molecule has 2 aromatic carbocycles. The van der Waals surface area contributed by atoms with Gasteiger partial charge in [-0.1, -0.05) is 23.7 Å². The molecule has 3 heterocycles. The Labute approximate surface area is 262 Å². The molecule has 0 unspecified atom stereocenters. The van der Waals surface area contributed by atoms with E-state index < -0.39 is 21.4 Å². The normalized spacial score (nSPS) is 17.5. The highest BCUT2D eigenvalue weighted by Crippen LogP contribution is 2.36. The van der Waals surface area contributed by atoms with Crippen molar-refractivity contribution in [2.45, 2.75) is 31.1 Å². The van der Waals surface area contributed by atoms with E-state index in [4.69, 9.17) is 16.3 Å². The summed E-state index contributed by atoms with van der Waals surface area (Å²) in [6.07, 6.45) is 4.45. The van der Waals surface area contributed by atoms with E-state index in [9.17, 15) is 22.8 Å². The number of nitrogens with zero attached hydrogens (tertiary/aromatic N) is 4. The quantitative estimate of drug-likeness (QED) is 0.335. The highest BCUT2D eigenvalue weighted by molar-refractivity contribution is 7.89. The van der Waals surface area contributed by atoms with Gasteiger partial charge in [0, 0.05) is 62.4 Å². The highest BCUT2D eigenvalue weighted by Gasteiger charge is 2.45. The van der Waals surface area contributed by atoms with E-state index >= 15 is 0 Å². The number of nitrogens with one attached hydrogen (secondary N) is 1. The molecule has 2 saturated heterocycles. The second kappa shape index (κ2) is 13.5. The fourth-order valence-electron chi connectivity index (χ4n) is 5.83. The minimum Gasteiger partial charge on any atom is -0.466 e. The van der Waals surface area contributed by atoms with E-state index in [2.05, 4.69) is 15.2 Å². The Bertz CT molecular complexity index is 1630. The van der Waals surface area contributed by atoms with Crippen molar-refractivity contribution in [1.82, 2.24) is 19.5 Å². The highest BCUT2D eigenvalue weighted by atomic mass is 35.5. The van der Waals surface area contributed by atoms with Crippen molar-refractivity contribution in [3.8, 4) is 0 Å². The van der Waals surface area contributed by atoms with Gasteiger partial charge in [0.1, 0.15) is 0 Å². The number of esters is 1. The van der Waals surface area contributed by atoms with Gasteiger partial charge >= 0.3 is 5.97 Å². The number of ether oxygens (including phenoxy) is 1. The maximum atomic E-state index is 13.7. The van der Waals surface area contributed by atoms with Crippen LogP contribution in [0.15, 0.2) is 65.8 Å². The maximum absolute atomic E-state index is 13.7. The molecule has 0 aliphatic carbocycles. The fraction of sp³-hybridized carbons (Fsp3) is 0.419. The zero-order chi connectivity index (χ0) is 31.3. The van der Waals surface area contributed by atoms with Gasteiger partial charge in [0.05, 0.1) is 29.9 Å². The van der Waals surface area contributed by atoms with Gasteiger partial charge in [0.25, 0.3) is 0 Å². The summed E-state index contributed by atoms with van der Waals surface area (Å²) in [4.78, 5) is 46.9. The molecule has 2 aliphatic rings. The molecule has 0 spiro atoms. The monoisotopic (exact) mass is 641 g/mol. The van der Waals surface area contributed by atoms with Crippen molar-refractivity contribution >= 4 is 55.9 Å². The summed E-state index contributed by atoms with van der Waals surface area (Å²) < 4.78 is 33.2. The second-order valence-electron chi connectivity index (χ2n) is 11.1. The van der Waals surface area contributed by atoms with Gasteiger partial charge in [-0.05, 0) is 66.9 Å². The van der Waals surface area contributed by atoms with Crippen LogP contribution in [0.3, 0.4) is 0 Å². The van der Waals surface area contributed by atoms with Crippen molar-refractivity contribution in [1.29, 1.82) is 0 Å². The van der Waals surface area contributed by atoms with Gasteiger partial charge < -0.3 is 19.9 Å². The summed E-state index contributed by atoms with van der Waals surface area (Å²) in [6, 6.07) is 13.9. The first-order chi connectivity index (χ1) is 21.1. The Balaban J connectivity index is 1.28. The Hall–Kier alpha value is -3.74. The Morgan fingerprint density at radius 3 is 2.41 bits per heavy atom. The number of carbonyl (C=O) groups is 3. The van der Waals surface area contributed by atoms with Gasteiger partial charge in [-0.25, -0.2) is 8.42 Å². The maximum Gasteiger partial charge on any atom is 0.307 e. The number of benzene rings is 2. The van der Waals surface area contributed by atoms with Gasteiger partial charge in [-0.2, -0.15) is 4.31 Å². The molecule has 3 aromatic rings. The van der Waals surface area contributed by atoms with Crippen LogP contribution in [0.25, 0.3) is 10.8 Å². The SMILES string of the molecule is CCOC(=O)CCNC(=O)C1(CN2CCN(S(=O)(=O)c3ccc4cc(Cl)ccc4c3)CC2=O)CCN(c2ccncc2)CC1. The predicted molar refractivity (Wildman–Crippen MR) is 167 cm³/mol. The number of aromatic nitrogens is 1. The second-order valence-corrected chi connectivity index (χ2v) is 13.5. The lowest BCUT2D eigenvalue weighted by atomic mass is 9.76. The van der Waals surface area contributed by atoms with Crippen LogP contribution in [0.5, 0.6) is 0 Å². The third-order valence-electron chi connectivity index (χ3n) is 8.34. The van der Waals surface area contributed by atoms with Crippen LogP contribution in [0.2, 0.25) is 5.02 Å². The molecule has 2 fully saturated rings. The topological polar surface area (TPSA) is 129 Å². The third kappa shape index (κ3) is 6.98. The number of hydrogen-bond acceptors (Lipinski definition) is 8. The van der Waals surface area contributed by atoms with E-state index in [1.807, 2.05) is 12.1 Å². The zero-order valence-electron chi connectivity index (χ0n) is 24.6. The Morgan fingerprint density at radius 1 is 1.00 bits per heavy atom. The number of piperazine rings is 1. The molecule has 0 atom stereocenters. The lowest BCUT2D eigenvalue weighted by Gasteiger charge is -2.45. The van der Waals surface area contributed by atoms with Crippen molar-refractivity contribution in [3.05, 3.63) is 65.9 Å². The minimum absolute atomic E-state index is 0.0517.